The lowest BCUT2D eigenvalue weighted by Gasteiger charge is -2.14. The highest BCUT2D eigenvalue weighted by atomic mass is 79.9. The Balaban J connectivity index is 2.84. The number of ether oxygens (including phenoxy) is 1. The smallest absolute Gasteiger partial charge is 0.344 e. The molecule has 1 unspecified atom stereocenters. The molecule has 0 aliphatic heterocycles. The monoisotopic (exact) mass is 301 g/mol. The summed E-state index contributed by atoms with van der Waals surface area (Å²) in [4.78, 5) is 10.9. The van der Waals surface area contributed by atoms with Crippen molar-refractivity contribution in [3.8, 4) is 5.75 Å². The summed E-state index contributed by atoms with van der Waals surface area (Å²) >= 11 is 3.43. The lowest BCUT2D eigenvalue weighted by atomic mass is 10.2. The van der Waals surface area contributed by atoms with Gasteiger partial charge in [0.1, 0.15) is 5.75 Å². The van der Waals surface area contributed by atoms with Gasteiger partial charge in [-0.2, -0.15) is 0 Å². The van der Waals surface area contributed by atoms with E-state index in [-0.39, 0.29) is 0 Å². The van der Waals surface area contributed by atoms with Crippen LogP contribution in [0.2, 0.25) is 0 Å². The molecule has 1 rings (SSSR count). The van der Waals surface area contributed by atoms with Crippen LogP contribution in [0.3, 0.4) is 0 Å². The van der Waals surface area contributed by atoms with Crippen molar-refractivity contribution < 1.29 is 14.6 Å². The molecule has 4 nitrogen and oxygen atoms in total. The van der Waals surface area contributed by atoms with E-state index in [2.05, 4.69) is 21.2 Å². The van der Waals surface area contributed by atoms with Crippen LogP contribution in [0.15, 0.2) is 22.7 Å². The van der Waals surface area contributed by atoms with Gasteiger partial charge in [-0.15, -0.1) is 0 Å². The molecular formula is C12H16BrNO3. The second-order valence-electron chi connectivity index (χ2n) is 3.64. The largest absolute Gasteiger partial charge is 0.479 e. The summed E-state index contributed by atoms with van der Waals surface area (Å²) in [7, 11) is 1.85. The highest BCUT2D eigenvalue weighted by molar-refractivity contribution is 9.10. The van der Waals surface area contributed by atoms with Gasteiger partial charge in [0, 0.05) is 11.0 Å². The van der Waals surface area contributed by atoms with E-state index in [1.165, 1.54) is 0 Å². The fourth-order valence-corrected chi connectivity index (χ4v) is 1.81. The average Bonchev–Trinajstić information content (AvgIpc) is 2.30. The van der Waals surface area contributed by atoms with Gasteiger partial charge in [-0.25, -0.2) is 4.79 Å². The fourth-order valence-electron chi connectivity index (χ4n) is 1.42. The third-order valence-electron chi connectivity index (χ3n) is 2.31. The van der Waals surface area contributed by atoms with Crippen molar-refractivity contribution in [2.24, 2.45) is 0 Å². The minimum Gasteiger partial charge on any atom is -0.479 e. The molecule has 0 aliphatic rings. The molecule has 2 N–H and O–H groups in total. The third-order valence-corrected chi connectivity index (χ3v) is 3.08. The van der Waals surface area contributed by atoms with E-state index in [0.717, 1.165) is 10.0 Å². The maximum atomic E-state index is 10.9. The van der Waals surface area contributed by atoms with Crippen LogP contribution in [0.4, 0.5) is 0 Å². The van der Waals surface area contributed by atoms with Crippen LogP contribution in [-0.2, 0) is 11.3 Å². The fraction of sp³-hybridized carbons (Fsp3) is 0.417. The van der Waals surface area contributed by atoms with Gasteiger partial charge < -0.3 is 15.2 Å². The van der Waals surface area contributed by atoms with Gasteiger partial charge in [0.05, 0.1) is 0 Å². The number of hydrogen-bond acceptors (Lipinski definition) is 3. The molecule has 94 valence electrons. The van der Waals surface area contributed by atoms with Crippen LogP contribution in [-0.4, -0.2) is 24.2 Å². The Hall–Kier alpha value is -1.07. The van der Waals surface area contributed by atoms with E-state index in [9.17, 15) is 4.79 Å². The highest BCUT2D eigenvalue weighted by Gasteiger charge is 2.17. The Labute approximate surface area is 109 Å². The van der Waals surface area contributed by atoms with Crippen LogP contribution in [0.25, 0.3) is 0 Å². The average molecular weight is 302 g/mol. The van der Waals surface area contributed by atoms with Crippen molar-refractivity contribution >= 4 is 21.9 Å². The van der Waals surface area contributed by atoms with Crippen molar-refractivity contribution in [2.45, 2.75) is 26.0 Å². The van der Waals surface area contributed by atoms with Crippen LogP contribution in [0, 0.1) is 0 Å². The molecule has 1 aromatic carbocycles. The maximum Gasteiger partial charge on any atom is 0.344 e. The van der Waals surface area contributed by atoms with E-state index in [1.54, 1.807) is 13.0 Å². The number of carbonyl (C=O) groups is 1. The number of benzene rings is 1. The summed E-state index contributed by atoms with van der Waals surface area (Å²) in [6.07, 6.45) is -0.356. The molecular weight excluding hydrogens is 286 g/mol. The van der Waals surface area contributed by atoms with E-state index >= 15 is 0 Å². The zero-order chi connectivity index (χ0) is 12.8. The molecule has 0 radical (unpaired) electrons. The molecule has 0 bridgehead atoms. The summed E-state index contributed by atoms with van der Waals surface area (Å²) in [6, 6.07) is 5.46. The van der Waals surface area contributed by atoms with E-state index in [4.69, 9.17) is 9.84 Å². The number of rotatable bonds is 6. The predicted molar refractivity (Wildman–Crippen MR) is 69.2 cm³/mol. The van der Waals surface area contributed by atoms with Gasteiger partial charge >= 0.3 is 5.97 Å². The van der Waals surface area contributed by atoms with Crippen LogP contribution in [0.1, 0.15) is 18.9 Å². The molecule has 0 spiro atoms. The van der Waals surface area contributed by atoms with Gasteiger partial charge in [-0.3, -0.25) is 0 Å². The van der Waals surface area contributed by atoms with Crippen molar-refractivity contribution in [2.75, 3.05) is 7.05 Å². The Morgan fingerprint density at radius 1 is 1.59 bits per heavy atom. The summed E-state index contributed by atoms with van der Waals surface area (Å²) in [5.41, 5.74) is 1.03. The number of carboxylic acids is 1. The minimum atomic E-state index is -0.939. The zero-order valence-electron chi connectivity index (χ0n) is 9.87. The number of hydrogen-bond donors (Lipinski definition) is 2. The van der Waals surface area contributed by atoms with E-state index < -0.39 is 12.1 Å². The first-order chi connectivity index (χ1) is 8.08. The topological polar surface area (TPSA) is 58.6 Å². The Morgan fingerprint density at radius 2 is 2.29 bits per heavy atom. The molecule has 0 saturated carbocycles. The van der Waals surface area contributed by atoms with Crippen LogP contribution < -0.4 is 10.1 Å². The van der Waals surface area contributed by atoms with Gasteiger partial charge in [0.2, 0.25) is 0 Å². The molecule has 0 amide bonds. The second kappa shape index (κ2) is 6.61. The van der Waals surface area contributed by atoms with Gasteiger partial charge in [-0.05, 0) is 37.2 Å². The summed E-state index contributed by atoms with van der Waals surface area (Å²) in [6.45, 7) is 2.48. The number of nitrogens with one attached hydrogen (secondary N) is 1. The quantitative estimate of drug-likeness (QED) is 0.847. The third kappa shape index (κ3) is 4.02. The molecule has 0 aromatic heterocycles. The van der Waals surface area contributed by atoms with Crippen molar-refractivity contribution in [3.05, 3.63) is 28.2 Å². The molecule has 17 heavy (non-hydrogen) atoms. The highest BCUT2D eigenvalue weighted by Crippen LogP contribution is 2.23. The van der Waals surface area contributed by atoms with Crippen LogP contribution in [0.5, 0.6) is 5.75 Å². The van der Waals surface area contributed by atoms with E-state index in [0.29, 0.717) is 18.7 Å². The maximum absolute atomic E-state index is 10.9. The van der Waals surface area contributed by atoms with Crippen molar-refractivity contribution in [1.29, 1.82) is 0 Å². The number of halogens is 1. The molecule has 0 saturated heterocycles. The predicted octanol–water partition coefficient (Wildman–Crippen LogP) is 2.41. The van der Waals surface area contributed by atoms with Gasteiger partial charge in [0.25, 0.3) is 0 Å². The number of carboxylic acid groups (broad SMARTS) is 1. The SMILES string of the molecule is CCC(Oc1ccc(Br)c(CNC)c1)C(=O)O. The molecule has 1 aromatic rings. The first-order valence-corrected chi connectivity index (χ1v) is 6.20. The first-order valence-electron chi connectivity index (χ1n) is 5.41. The van der Waals surface area contributed by atoms with Crippen molar-refractivity contribution in [3.63, 3.8) is 0 Å². The standard InChI is InChI=1S/C12H16BrNO3/c1-3-11(12(15)16)17-9-4-5-10(13)8(6-9)7-14-2/h4-6,11,14H,3,7H2,1-2H3,(H,15,16). The van der Waals surface area contributed by atoms with E-state index in [1.807, 2.05) is 19.2 Å². The summed E-state index contributed by atoms with van der Waals surface area (Å²) in [5, 5.41) is 12.0. The molecule has 0 fully saturated rings. The zero-order valence-corrected chi connectivity index (χ0v) is 11.5. The lowest BCUT2D eigenvalue weighted by Crippen LogP contribution is -2.26. The van der Waals surface area contributed by atoms with Gasteiger partial charge in [-0.1, -0.05) is 22.9 Å². The minimum absolute atomic E-state index is 0.437. The summed E-state index contributed by atoms with van der Waals surface area (Å²) in [5.74, 6) is -0.363. The molecule has 0 aliphatic carbocycles. The lowest BCUT2D eigenvalue weighted by molar-refractivity contribution is -0.145. The Kier molecular flexibility index (Phi) is 5.44. The molecule has 0 heterocycles. The van der Waals surface area contributed by atoms with Crippen LogP contribution >= 0.6 is 15.9 Å². The van der Waals surface area contributed by atoms with Crippen molar-refractivity contribution in [1.82, 2.24) is 5.32 Å². The Morgan fingerprint density at radius 3 is 2.82 bits per heavy atom. The molecule has 5 heteroatoms. The normalized spacial score (nSPS) is 12.2. The Bertz CT molecular complexity index is 395. The first kappa shape index (κ1) is 14.0. The van der Waals surface area contributed by atoms with Gasteiger partial charge in [0.15, 0.2) is 6.10 Å². The second-order valence-corrected chi connectivity index (χ2v) is 4.49. The molecule has 1 atom stereocenters. The summed E-state index contributed by atoms with van der Waals surface area (Å²) < 4.78 is 6.39. The number of aliphatic carboxylic acids is 1.